The molecule has 0 spiro atoms. The second kappa shape index (κ2) is 45.0. The third-order valence-electron chi connectivity index (χ3n) is 4.94. The standard InChI is InChI=1S/C10H22O7.C6H14.6C3H4O2/c11-1-9(2-12,3-13)7-17-8-10(4-14,5-15)6-16;1-5-6(2,3)4;6*1-2-3(4)5/h11-16H,1-8H2;5H2,1-4H3;6*2H,1H2,(H,4,5). The van der Waals surface area contributed by atoms with Crippen molar-refractivity contribution in [3.63, 3.8) is 0 Å². The van der Waals surface area contributed by atoms with Crippen molar-refractivity contribution < 1.29 is 94.8 Å². The van der Waals surface area contributed by atoms with E-state index >= 15 is 0 Å². The lowest BCUT2D eigenvalue weighted by Crippen LogP contribution is -2.43. The van der Waals surface area contributed by atoms with Crippen LogP contribution in [0.15, 0.2) is 75.9 Å². The van der Waals surface area contributed by atoms with Gasteiger partial charge < -0.3 is 66.0 Å². The first-order valence-corrected chi connectivity index (χ1v) is 14.6. The smallest absolute Gasteiger partial charge is 0.327 e. The van der Waals surface area contributed by atoms with Crippen LogP contribution in [0.1, 0.15) is 34.1 Å². The minimum Gasteiger partial charge on any atom is -0.478 e. The van der Waals surface area contributed by atoms with Gasteiger partial charge in [-0.25, -0.2) is 28.8 Å². The fourth-order valence-corrected chi connectivity index (χ4v) is 1.06. The molecule has 0 aliphatic rings. The van der Waals surface area contributed by atoms with E-state index in [1.165, 1.54) is 6.42 Å². The number of aliphatic hydroxyl groups excluding tert-OH is 6. The van der Waals surface area contributed by atoms with E-state index in [1.54, 1.807) is 0 Å². The molecule has 0 bridgehead atoms. The van der Waals surface area contributed by atoms with Gasteiger partial charge in [-0.3, -0.25) is 0 Å². The number of carbonyl (C=O) groups is 6. The van der Waals surface area contributed by atoms with Crippen LogP contribution in [-0.2, 0) is 33.5 Å². The molecule has 0 rings (SSSR count). The molecular formula is C34H60O19. The zero-order chi connectivity index (χ0) is 44.3. The Morgan fingerprint density at radius 2 is 0.547 bits per heavy atom. The molecule has 12 N–H and O–H groups in total. The van der Waals surface area contributed by atoms with E-state index in [0.717, 1.165) is 36.5 Å². The van der Waals surface area contributed by atoms with E-state index in [2.05, 4.69) is 67.2 Å². The van der Waals surface area contributed by atoms with Crippen LogP contribution in [0.2, 0.25) is 0 Å². The predicted molar refractivity (Wildman–Crippen MR) is 195 cm³/mol. The molecule has 0 heterocycles. The van der Waals surface area contributed by atoms with Crippen molar-refractivity contribution in [3.8, 4) is 0 Å². The maximum absolute atomic E-state index is 9.25. The van der Waals surface area contributed by atoms with Crippen LogP contribution >= 0.6 is 0 Å². The largest absolute Gasteiger partial charge is 0.478 e. The van der Waals surface area contributed by atoms with Gasteiger partial charge in [-0.05, 0) is 5.41 Å². The van der Waals surface area contributed by atoms with Crippen LogP contribution in [0.4, 0.5) is 0 Å². The van der Waals surface area contributed by atoms with Crippen molar-refractivity contribution in [2.75, 3.05) is 52.9 Å². The summed E-state index contributed by atoms with van der Waals surface area (Å²) < 4.78 is 5.15. The lowest BCUT2D eigenvalue weighted by Gasteiger charge is -2.31. The van der Waals surface area contributed by atoms with Crippen LogP contribution in [0.5, 0.6) is 0 Å². The third kappa shape index (κ3) is 73.4. The number of carboxylic acids is 6. The van der Waals surface area contributed by atoms with E-state index in [9.17, 15) is 28.8 Å². The molecule has 0 aliphatic heterocycles. The minimum atomic E-state index is -1.16. The Morgan fingerprint density at radius 3 is 0.604 bits per heavy atom. The minimum absolute atomic E-state index is 0.141. The highest BCUT2D eigenvalue weighted by atomic mass is 16.5. The summed E-state index contributed by atoms with van der Waals surface area (Å²) in [4.78, 5) is 55.5. The molecule has 0 aromatic heterocycles. The summed E-state index contributed by atoms with van der Waals surface area (Å²) in [5, 5.41) is 99.8. The topological polar surface area (TPSA) is 354 Å². The fourth-order valence-electron chi connectivity index (χ4n) is 1.06. The number of hydrogen-bond donors (Lipinski definition) is 12. The Hall–Kier alpha value is -5.02. The number of carboxylic acid groups (broad SMARTS) is 6. The van der Waals surface area contributed by atoms with Crippen molar-refractivity contribution >= 4 is 35.8 Å². The van der Waals surface area contributed by atoms with E-state index in [1.807, 2.05) is 0 Å². The third-order valence-corrected chi connectivity index (χ3v) is 4.94. The molecule has 0 aliphatic carbocycles. The highest BCUT2D eigenvalue weighted by Gasteiger charge is 2.32. The lowest BCUT2D eigenvalue weighted by molar-refractivity contribution is -0.132. The second-order valence-corrected chi connectivity index (χ2v) is 10.6. The summed E-state index contributed by atoms with van der Waals surface area (Å²) >= 11 is 0. The molecule has 19 heteroatoms. The van der Waals surface area contributed by atoms with E-state index in [-0.39, 0.29) is 13.2 Å². The average Bonchev–Trinajstić information content (AvgIpc) is 3.13. The van der Waals surface area contributed by atoms with Gasteiger partial charge in [0, 0.05) is 36.5 Å². The van der Waals surface area contributed by atoms with Gasteiger partial charge in [0.05, 0.1) is 63.7 Å². The molecule has 0 radical (unpaired) electrons. The first kappa shape index (κ1) is 66.3. The van der Waals surface area contributed by atoms with Crippen LogP contribution < -0.4 is 0 Å². The molecule has 0 fully saturated rings. The number of aliphatic hydroxyl groups is 6. The van der Waals surface area contributed by atoms with Crippen LogP contribution in [0.25, 0.3) is 0 Å². The Bertz CT molecular complexity index is 859. The van der Waals surface area contributed by atoms with Crippen LogP contribution in [0, 0.1) is 16.2 Å². The summed E-state index contributed by atoms with van der Waals surface area (Å²) in [7, 11) is 0. The fraction of sp³-hybridized carbons (Fsp3) is 0.471. The zero-order valence-electron chi connectivity index (χ0n) is 30.8. The monoisotopic (exact) mass is 772 g/mol. The molecule has 0 saturated carbocycles. The number of aliphatic carboxylic acids is 6. The molecule has 310 valence electrons. The Balaban J connectivity index is -0.0000000788. The maximum Gasteiger partial charge on any atom is 0.327 e. The van der Waals surface area contributed by atoms with Crippen molar-refractivity contribution in [2.45, 2.75) is 34.1 Å². The first-order chi connectivity index (χ1) is 24.3. The molecular weight excluding hydrogens is 712 g/mol. The number of hydrogen-bond acceptors (Lipinski definition) is 13. The van der Waals surface area contributed by atoms with Gasteiger partial charge in [0.1, 0.15) is 0 Å². The van der Waals surface area contributed by atoms with Gasteiger partial charge in [-0.15, -0.1) is 0 Å². The van der Waals surface area contributed by atoms with E-state index in [4.69, 9.17) is 66.0 Å². The molecule has 0 aromatic carbocycles. The van der Waals surface area contributed by atoms with E-state index < -0.39 is 86.3 Å². The molecule has 0 saturated heterocycles. The van der Waals surface area contributed by atoms with Gasteiger partial charge in [0.2, 0.25) is 0 Å². The SMILES string of the molecule is C=CC(=O)O.C=CC(=O)O.C=CC(=O)O.C=CC(=O)O.C=CC(=O)O.C=CC(=O)O.CCC(C)(C)C.OCC(CO)(CO)COCC(CO)(CO)CO. The quantitative estimate of drug-likeness (QED) is 0.0970. The molecule has 0 atom stereocenters. The van der Waals surface area contributed by atoms with Gasteiger partial charge in [0.15, 0.2) is 0 Å². The van der Waals surface area contributed by atoms with Gasteiger partial charge in [-0.1, -0.05) is 73.6 Å². The van der Waals surface area contributed by atoms with Crippen LogP contribution in [0.3, 0.4) is 0 Å². The Labute approximate surface area is 309 Å². The molecule has 0 aromatic rings. The predicted octanol–water partition coefficient (Wildman–Crippen LogP) is 0.914. The van der Waals surface area contributed by atoms with Crippen molar-refractivity contribution in [1.82, 2.24) is 0 Å². The van der Waals surface area contributed by atoms with Gasteiger partial charge in [-0.2, -0.15) is 0 Å². The average molecular weight is 773 g/mol. The summed E-state index contributed by atoms with van der Waals surface area (Å²) in [6, 6.07) is 0. The summed E-state index contributed by atoms with van der Waals surface area (Å²) in [5.41, 5.74) is -1.78. The number of ether oxygens (including phenoxy) is 1. The molecule has 19 nitrogen and oxygen atoms in total. The van der Waals surface area contributed by atoms with E-state index in [0.29, 0.717) is 5.41 Å². The summed E-state index contributed by atoms with van der Waals surface area (Å²) in [6.07, 6.45) is 6.27. The van der Waals surface area contributed by atoms with Crippen molar-refractivity contribution in [2.24, 2.45) is 16.2 Å². The zero-order valence-corrected chi connectivity index (χ0v) is 30.8. The highest BCUT2D eigenvalue weighted by molar-refractivity contribution is 5.80. The molecule has 53 heavy (non-hydrogen) atoms. The van der Waals surface area contributed by atoms with Gasteiger partial charge in [0.25, 0.3) is 0 Å². The highest BCUT2D eigenvalue weighted by Crippen LogP contribution is 2.19. The van der Waals surface area contributed by atoms with Crippen molar-refractivity contribution in [1.29, 1.82) is 0 Å². The summed E-state index contributed by atoms with van der Waals surface area (Å²) in [5.74, 6) is -5.89. The van der Waals surface area contributed by atoms with Gasteiger partial charge >= 0.3 is 35.8 Å². The molecule has 0 amide bonds. The molecule has 0 unspecified atom stereocenters. The normalized spacial score (nSPS) is 9.17. The van der Waals surface area contributed by atoms with Crippen LogP contribution in [-0.4, -0.2) is 150 Å². The number of rotatable bonds is 16. The lowest BCUT2D eigenvalue weighted by atomic mass is 9.91. The second-order valence-electron chi connectivity index (χ2n) is 10.6. The maximum atomic E-state index is 9.25. The first-order valence-electron chi connectivity index (χ1n) is 14.6. The summed E-state index contributed by atoms with van der Waals surface area (Å²) in [6.45, 7) is 23.7. The Morgan fingerprint density at radius 1 is 0.434 bits per heavy atom. The Kier molecular flexibility index (Phi) is 56.3. The van der Waals surface area contributed by atoms with Crippen molar-refractivity contribution in [3.05, 3.63) is 75.9 Å².